The van der Waals surface area contributed by atoms with E-state index < -0.39 is 0 Å². The van der Waals surface area contributed by atoms with Crippen molar-refractivity contribution in [3.05, 3.63) is 35.9 Å². The van der Waals surface area contributed by atoms with Crippen LogP contribution in [0.2, 0.25) is 0 Å². The Morgan fingerprint density at radius 1 is 1.14 bits per heavy atom. The number of piperidine rings is 1. The van der Waals surface area contributed by atoms with Crippen LogP contribution in [0.3, 0.4) is 0 Å². The summed E-state index contributed by atoms with van der Waals surface area (Å²) >= 11 is 0. The molecule has 2 N–H and O–H groups in total. The standard InChI is InChI=1S/C23H39N5O/c1-20-9-6-7-13-27(20)14-8-12-25-23(24-2)26-19-22(21-10-4-3-5-11-21)28-15-17-29-18-16-28/h3-5,10-11,20,22H,6-9,12-19H2,1-2H3,(H2,24,25,26). The highest BCUT2D eigenvalue weighted by Gasteiger charge is 2.23. The van der Waals surface area contributed by atoms with Crippen molar-refractivity contribution >= 4 is 5.96 Å². The zero-order valence-corrected chi connectivity index (χ0v) is 18.3. The SMILES string of the molecule is CN=C(NCCCN1CCCCC1C)NCC(c1ccccc1)N1CCOCC1. The molecule has 6 nitrogen and oxygen atoms in total. The van der Waals surface area contributed by atoms with Gasteiger partial charge >= 0.3 is 0 Å². The number of morpholine rings is 1. The van der Waals surface area contributed by atoms with Crippen LogP contribution in [0.5, 0.6) is 0 Å². The van der Waals surface area contributed by atoms with Gasteiger partial charge in [-0.2, -0.15) is 0 Å². The molecule has 2 aliphatic heterocycles. The Morgan fingerprint density at radius 3 is 2.66 bits per heavy atom. The van der Waals surface area contributed by atoms with Gasteiger partial charge in [0.25, 0.3) is 0 Å². The lowest BCUT2D eigenvalue weighted by atomic mass is 10.0. The van der Waals surface area contributed by atoms with Crippen LogP contribution in [0.15, 0.2) is 35.3 Å². The fourth-order valence-electron chi connectivity index (χ4n) is 4.41. The Bertz CT molecular complexity index is 603. The van der Waals surface area contributed by atoms with Crippen molar-refractivity contribution in [2.24, 2.45) is 4.99 Å². The molecule has 0 spiro atoms. The van der Waals surface area contributed by atoms with E-state index in [0.29, 0.717) is 6.04 Å². The lowest BCUT2D eigenvalue weighted by Crippen LogP contribution is -2.46. The summed E-state index contributed by atoms with van der Waals surface area (Å²) in [6, 6.07) is 11.8. The smallest absolute Gasteiger partial charge is 0.191 e. The summed E-state index contributed by atoms with van der Waals surface area (Å²) in [6.07, 6.45) is 5.23. The number of likely N-dealkylation sites (tertiary alicyclic amines) is 1. The highest BCUT2D eigenvalue weighted by Crippen LogP contribution is 2.21. The third-order valence-electron chi connectivity index (χ3n) is 6.21. The quantitative estimate of drug-likeness (QED) is 0.398. The lowest BCUT2D eigenvalue weighted by Gasteiger charge is -2.35. The molecule has 1 aromatic carbocycles. The van der Waals surface area contributed by atoms with Gasteiger partial charge in [-0.25, -0.2) is 0 Å². The number of ether oxygens (including phenoxy) is 1. The number of nitrogens with zero attached hydrogens (tertiary/aromatic N) is 3. The third-order valence-corrected chi connectivity index (χ3v) is 6.21. The number of hydrogen-bond acceptors (Lipinski definition) is 4. The predicted molar refractivity (Wildman–Crippen MR) is 120 cm³/mol. The van der Waals surface area contributed by atoms with Gasteiger partial charge in [0.2, 0.25) is 0 Å². The number of hydrogen-bond donors (Lipinski definition) is 2. The van der Waals surface area contributed by atoms with E-state index in [1.54, 1.807) is 0 Å². The summed E-state index contributed by atoms with van der Waals surface area (Å²) in [4.78, 5) is 9.58. The predicted octanol–water partition coefficient (Wildman–Crippen LogP) is 2.49. The Balaban J connectivity index is 1.45. The zero-order valence-electron chi connectivity index (χ0n) is 18.3. The Labute approximate surface area is 176 Å². The average Bonchev–Trinajstić information content (AvgIpc) is 2.78. The van der Waals surface area contributed by atoms with Gasteiger partial charge in [0.15, 0.2) is 5.96 Å². The molecule has 0 aliphatic carbocycles. The Kier molecular flexibility index (Phi) is 9.25. The number of guanidine groups is 1. The van der Waals surface area contributed by atoms with E-state index in [1.807, 2.05) is 7.05 Å². The first kappa shape index (κ1) is 22.1. The van der Waals surface area contributed by atoms with Crippen molar-refractivity contribution < 1.29 is 4.74 Å². The van der Waals surface area contributed by atoms with Gasteiger partial charge in [0, 0.05) is 45.8 Å². The van der Waals surface area contributed by atoms with Crippen molar-refractivity contribution in [2.45, 2.75) is 44.7 Å². The van der Waals surface area contributed by atoms with E-state index in [-0.39, 0.29) is 0 Å². The van der Waals surface area contributed by atoms with Crippen LogP contribution in [0.4, 0.5) is 0 Å². The first-order valence-corrected chi connectivity index (χ1v) is 11.3. The van der Waals surface area contributed by atoms with Crippen LogP contribution in [0.25, 0.3) is 0 Å². The maximum Gasteiger partial charge on any atom is 0.191 e. The molecule has 162 valence electrons. The summed E-state index contributed by atoms with van der Waals surface area (Å²) in [6.45, 7) is 10.2. The number of benzene rings is 1. The second-order valence-electron chi connectivity index (χ2n) is 8.19. The second kappa shape index (κ2) is 12.2. The minimum atomic E-state index is 0.327. The summed E-state index contributed by atoms with van der Waals surface area (Å²) in [7, 11) is 1.86. The average molecular weight is 402 g/mol. The van der Waals surface area contributed by atoms with E-state index in [4.69, 9.17) is 4.74 Å². The van der Waals surface area contributed by atoms with Crippen molar-refractivity contribution in [1.29, 1.82) is 0 Å². The van der Waals surface area contributed by atoms with Crippen LogP contribution in [0.1, 0.15) is 44.2 Å². The first-order chi connectivity index (χ1) is 14.3. The van der Waals surface area contributed by atoms with Crippen molar-refractivity contribution in [3.8, 4) is 0 Å². The van der Waals surface area contributed by atoms with Crippen LogP contribution < -0.4 is 10.6 Å². The van der Waals surface area contributed by atoms with E-state index in [2.05, 4.69) is 62.7 Å². The molecule has 2 atom stereocenters. The molecule has 2 fully saturated rings. The molecule has 1 aromatic rings. The summed E-state index contributed by atoms with van der Waals surface area (Å²) in [5.74, 6) is 0.894. The molecule has 0 amide bonds. The largest absolute Gasteiger partial charge is 0.379 e. The maximum absolute atomic E-state index is 5.55. The first-order valence-electron chi connectivity index (χ1n) is 11.3. The molecule has 0 radical (unpaired) electrons. The molecule has 6 heteroatoms. The van der Waals surface area contributed by atoms with Gasteiger partial charge in [-0.3, -0.25) is 9.89 Å². The van der Waals surface area contributed by atoms with Gasteiger partial charge in [-0.05, 0) is 38.3 Å². The van der Waals surface area contributed by atoms with Gasteiger partial charge in [-0.1, -0.05) is 36.8 Å². The normalized spacial score (nSPS) is 23.0. The molecule has 29 heavy (non-hydrogen) atoms. The van der Waals surface area contributed by atoms with Gasteiger partial charge < -0.3 is 20.3 Å². The summed E-state index contributed by atoms with van der Waals surface area (Å²) in [5, 5.41) is 7.06. The maximum atomic E-state index is 5.55. The van der Waals surface area contributed by atoms with Gasteiger partial charge in [0.1, 0.15) is 0 Å². The van der Waals surface area contributed by atoms with E-state index in [9.17, 15) is 0 Å². The Morgan fingerprint density at radius 2 is 1.93 bits per heavy atom. The van der Waals surface area contributed by atoms with E-state index in [1.165, 1.54) is 37.9 Å². The number of aliphatic imine (C=N–C) groups is 1. The highest BCUT2D eigenvalue weighted by molar-refractivity contribution is 5.79. The monoisotopic (exact) mass is 401 g/mol. The van der Waals surface area contributed by atoms with Crippen LogP contribution in [0, 0.1) is 0 Å². The summed E-state index contributed by atoms with van der Waals surface area (Å²) in [5.41, 5.74) is 1.34. The number of nitrogens with one attached hydrogen (secondary N) is 2. The lowest BCUT2D eigenvalue weighted by molar-refractivity contribution is 0.0170. The van der Waals surface area contributed by atoms with Crippen LogP contribution >= 0.6 is 0 Å². The van der Waals surface area contributed by atoms with Crippen molar-refractivity contribution in [1.82, 2.24) is 20.4 Å². The molecule has 2 saturated heterocycles. The van der Waals surface area contributed by atoms with Crippen LogP contribution in [-0.4, -0.2) is 81.3 Å². The molecular formula is C23H39N5O. The molecule has 2 heterocycles. The molecular weight excluding hydrogens is 362 g/mol. The minimum absolute atomic E-state index is 0.327. The molecule has 3 rings (SSSR count). The topological polar surface area (TPSA) is 52.1 Å². The van der Waals surface area contributed by atoms with E-state index in [0.717, 1.165) is 57.8 Å². The molecule has 0 bridgehead atoms. The van der Waals surface area contributed by atoms with Crippen LogP contribution in [-0.2, 0) is 4.74 Å². The minimum Gasteiger partial charge on any atom is -0.379 e. The van der Waals surface area contributed by atoms with Crippen molar-refractivity contribution in [3.63, 3.8) is 0 Å². The number of rotatable bonds is 8. The third kappa shape index (κ3) is 6.98. The zero-order chi connectivity index (χ0) is 20.3. The second-order valence-corrected chi connectivity index (χ2v) is 8.19. The molecule has 0 aromatic heterocycles. The highest BCUT2D eigenvalue weighted by atomic mass is 16.5. The fourth-order valence-corrected chi connectivity index (χ4v) is 4.41. The Hall–Kier alpha value is -1.63. The van der Waals surface area contributed by atoms with Gasteiger partial charge in [-0.15, -0.1) is 0 Å². The van der Waals surface area contributed by atoms with Crippen molar-refractivity contribution in [2.75, 3.05) is 59.5 Å². The van der Waals surface area contributed by atoms with E-state index >= 15 is 0 Å². The van der Waals surface area contributed by atoms with Gasteiger partial charge in [0.05, 0.1) is 19.3 Å². The summed E-state index contributed by atoms with van der Waals surface area (Å²) < 4.78 is 5.55. The fraction of sp³-hybridized carbons (Fsp3) is 0.696. The molecule has 2 unspecified atom stereocenters. The molecule has 0 saturated carbocycles. The molecule has 2 aliphatic rings.